The van der Waals surface area contributed by atoms with Crippen molar-refractivity contribution in [2.24, 2.45) is 0 Å². The van der Waals surface area contributed by atoms with Crippen LogP contribution in [-0.4, -0.2) is 4.57 Å². The van der Waals surface area contributed by atoms with Crippen LogP contribution in [0.5, 0.6) is 0 Å². The molecule has 0 N–H and O–H groups in total. The fourth-order valence-electron chi connectivity index (χ4n) is 8.38. The molecule has 0 amide bonds. The van der Waals surface area contributed by atoms with Crippen LogP contribution in [0.4, 0.5) is 17.1 Å². The highest BCUT2D eigenvalue weighted by Gasteiger charge is 2.36. The van der Waals surface area contributed by atoms with Gasteiger partial charge >= 0.3 is 0 Å². The van der Waals surface area contributed by atoms with Gasteiger partial charge < -0.3 is 9.47 Å². The van der Waals surface area contributed by atoms with Gasteiger partial charge in [0.15, 0.2) is 0 Å². The Morgan fingerprint density at radius 3 is 1.92 bits per heavy atom. The topological polar surface area (TPSA) is 8.17 Å². The highest BCUT2D eigenvalue weighted by Crippen LogP contribution is 2.51. The van der Waals surface area contributed by atoms with Crippen molar-refractivity contribution in [3.8, 4) is 22.3 Å². The van der Waals surface area contributed by atoms with Crippen LogP contribution >= 0.6 is 0 Å². The summed E-state index contributed by atoms with van der Waals surface area (Å²) in [4.78, 5) is 2.47. The van der Waals surface area contributed by atoms with Crippen molar-refractivity contribution in [1.29, 1.82) is 0 Å². The Morgan fingerprint density at radius 2 is 1.10 bits per heavy atom. The third-order valence-electron chi connectivity index (χ3n) is 10.6. The lowest BCUT2D eigenvalue weighted by Crippen LogP contribution is -2.21. The fraction of sp³-hybridized carbons (Fsp3) is 0.149. The molecule has 8 aromatic rings. The quantitative estimate of drug-likeness (QED) is 0.187. The average molecular weight is 633 g/mol. The van der Waals surface area contributed by atoms with Crippen molar-refractivity contribution < 1.29 is 0 Å². The van der Waals surface area contributed by atoms with E-state index in [4.69, 9.17) is 0 Å². The summed E-state index contributed by atoms with van der Waals surface area (Å²) >= 11 is 0. The predicted octanol–water partition coefficient (Wildman–Crippen LogP) is 13.1. The van der Waals surface area contributed by atoms with Crippen molar-refractivity contribution in [1.82, 2.24) is 4.57 Å². The number of benzene rings is 7. The lowest BCUT2D eigenvalue weighted by atomic mass is 9.82. The second-order valence-corrected chi connectivity index (χ2v) is 15.0. The van der Waals surface area contributed by atoms with E-state index in [0.29, 0.717) is 0 Å². The lowest BCUT2D eigenvalue weighted by molar-refractivity contribution is 0.423. The van der Waals surface area contributed by atoms with Crippen LogP contribution < -0.4 is 4.90 Å². The summed E-state index contributed by atoms with van der Waals surface area (Å²) < 4.78 is 2.51. The van der Waals surface area contributed by atoms with Gasteiger partial charge in [-0.2, -0.15) is 0 Å². The van der Waals surface area contributed by atoms with E-state index in [2.05, 4.69) is 196 Å². The van der Waals surface area contributed by atoms with E-state index in [-0.39, 0.29) is 11.0 Å². The molecule has 238 valence electrons. The minimum Gasteiger partial charge on any atom is -0.335 e. The van der Waals surface area contributed by atoms with E-state index in [1.54, 1.807) is 0 Å². The summed E-state index contributed by atoms with van der Waals surface area (Å²) in [6.45, 7) is 11.6. The molecule has 0 aliphatic heterocycles. The highest BCUT2D eigenvalue weighted by molar-refractivity contribution is 6.10. The minimum atomic E-state index is -0.102. The van der Waals surface area contributed by atoms with Gasteiger partial charge in [-0.1, -0.05) is 123 Å². The molecule has 9 rings (SSSR count). The molecule has 0 unspecified atom stereocenters. The summed E-state index contributed by atoms with van der Waals surface area (Å²) in [6, 6.07) is 56.2. The van der Waals surface area contributed by atoms with Crippen LogP contribution in [0.2, 0.25) is 0 Å². The summed E-state index contributed by atoms with van der Waals surface area (Å²) in [5.74, 6) is 0. The van der Waals surface area contributed by atoms with Crippen molar-refractivity contribution in [3.05, 3.63) is 163 Å². The summed E-state index contributed by atoms with van der Waals surface area (Å²) in [7, 11) is 0. The van der Waals surface area contributed by atoms with E-state index >= 15 is 0 Å². The lowest BCUT2D eigenvalue weighted by Gasteiger charge is -2.30. The molecule has 0 radical (unpaired) electrons. The number of fused-ring (bicyclic) bond motifs is 7. The van der Waals surface area contributed by atoms with Crippen LogP contribution in [-0.2, 0) is 11.0 Å². The number of hydrogen-bond donors (Lipinski definition) is 0. The maximum absolute atomic E-state index is 2.51. The van der Waals surface area contributed by atoms with Crippen molar-refractivity contribution in [2.45, 2.75) is 45.6 Å². The standard InChI is InChI=1S/C47H40N2/c1-46(2,3)49-44-22-14-12-20-39(44)40-26-24-34(30-45(40)49)48(33-23-25-38-37-19-11-13-21-42(37)47(4,5)43(38)29-33)35-27-32-17-9-10-18-36(32)41(28-35)31-15-7-6-8-16-31/h6-30H,1-5H3. The molecular weight excluding hydrogens is 593 g/mol. The van der Waals surface area contributed by atoms with E-state index in [1.807, 2.05) is 0 Å². The first kappa shape index (κ1) is 29.5. The largest absolute Gasteiger partial charge is 0.335 e. The van der Waals surface area contributed by atoms with Crippen LogP contribution in [0, 0.1) is 0 Å². The molecule has 2 heteroatoms. The smallest absolute Gasteiger partial charge is 0.0517 e. The van der Waals surface area contributed by atoms with E-state index in [0.717, 1.165) is 17.1 Å². The Kier molecular flexibility index (Phi) is 6.45. The number of anilines is 3. The first-order valence-corrected chi connectivity index (χ1v) is 17.4. The third-order valence-corrected chi connectivity index (χ3v) is 10.6. The van der Waals surface area contributed by atoms with Crippen LogP contribution in [0.3, 0.4) is 0 Å². The van der Waals surface area contributed by atoms with Gasteiger partial charge in [0.25, 0.3) is 0 Å². The van der Waals surface area contributed by atoms with Gasteiger partial charge in [0.1, 0.15) is 0 Å². The predicted molar refractivity (Wildman–Crippen MR) is 210 cm³/mol. The first-order valence-electron chi connectivity index (χ1n) is 17.4. The van der Waals surface area contributed by atoms with Crippen LogP contribution in [0.25, 0.3) is 54.8 Å². The molecule has 0 atom stereocenters. The van der Waals surface area contributed by atoms with E-state index < -0.39 is 0 Å². The number of rotatable bonds is 4. The SMILES string of the molecule is CC1(C)c2ccccc2-c2ccc(N(c3cc(-c4ccccc4)c4ccccc4c3)c3ccc4c5ccccc5n(C(C)(C)C)c4c3)cc21. The molecule has 1 aliphatic carbocycles. The van der Waals surface area contributed by atoms with Gasteiger partial charge in [0.2, 0.25) is 0 Å². The molecule has 0 bridgehead atoms. The van der Waals surface area contributed by atoms with Gasteiger partial charge in [-0.3, -0.25) is 0 Å². The first-order chi connectivity index (χ1) is 23.7. The molecule has 1 heterocycles. The number of aromatic nitrogens is 1. The van der Waals surface area contributed by atoms with Gasteiger partial charge in [0.05, 0.1) is 5.52 Å². The Morgan fingerprint density at radius 1 is 0.469 bits per heavy atom. The Labute approximate surface area is 288 Å². The van der Waals surface area contributed by atoms with Crippen molar-refractivity contribution in [2.75, 3.05) is 4.90 Å². The molecular formula is C47H40N2. The maximum Gasteiger partial charge on any atom is 0.0517 e. The fourth-order valence-corrected chi connectivity index (χ4v) is 8.38. The Bertz CT molecular complexity index is 2560. The zero-order chi connectivity index (χ0) is 33.5. The molecule has 1 aromatic heterocycles. The zero-order valence-corrected chi connectivity index (χ0v) is 28.8. The average Bonchev–Trinajstić information content (AvgIpc) is 3.57. The van der Waals surface area contributed by atoms with Crippen LogP contribution in [0.15, 0.2) is 152 Å². The Hall–Kier alpha value is -5.60. The van der Waals surface area contributed by atoms with Gasteiger partial charge in [-0.25, -0.2) is 0 Å². The molecule has 2 nitrogen and oxygen atoms in total. The van der Waals surface area contributed by atoms with Gasteiger partial charge in [-0.05, 0) is 107 Å². The minimum absolute atomic E-state index is 0.0996. The highest BCUT2D eigenvalue weighted by atomic mass is 15.1. The zero-order valence-electron chi connectivity index (χ0n) is 28.8. The number of nitrogens with zero attached hydrogens (tertiary/aromatic N) is 2. The van der Waals surface area contributed by atoms with Crippen molar-refractivity contribution >= 4 is 49.6 Å². The van der Waals surface area contributed by atoms with Crippen molar-refractivity contribution in [3.63, 3.8) is 0 Å². The molecule has 7 aromatic carbocycles. The van der Waals surface area contributed by atoms with E-state index in [9.17, 15) is 0 Å². The maximum atomic E-state index is 2.51. The number of para-hydroxylation sites is 1. The van der Waals surface area contributed by atoms with Gasteiger partial charge in [0, 0.05) is 44.3 Å². The Balaban J connectivity index is 1.34. The molecule has 0 spiro atoms. The molecule has 0 saturated heterocycles. The molecule has 0 saturated carbocycles. The molecule has 0 fully saturated rings. The molecule has 49 heavy (non-hydrogen) atoms. The summed E-state index contributed by atoms with van der Waals surface area (Å²) in [6.07, 6.45) is 0. The number of hydrogen-bond acceptors (Lipinski definition) is 1. The second-order valence-electron chi connectivity index (χ2n) is 15.0. The van der Waals surface area contributed by atoms with E-state index in [1.165, 1.54) is 66.0 Å². The third kappa shape index (κ3) is 4.54. The second kappa shape index (κ2) is 10.7. The monoisotopic (exact) mass is 632 g/mol. The molecule has 1 aliphatic rings. The van der Waals surface area contributed by atoms with Crippen LogP contribution in [0.1, 0.15) is 45.7 Å². The summed E-state index contributed by atoms with van der Waals surface area (Å²) in [5.41, 5.74) is 13.6. The normalized spacial score (nSPS) is 13.6. The van der Waals surface area contributed by atoms with Gasteiger partial charge in [-0.15, -0.1) is 0 Å². The summed E-state index contributed by atoms with van der Waals surface area (Å²) in [5, 5.41) is 5.05.